The van der Waals surface area contributed by atoms with E-state index in [0.29, 0.717) is 17.7 Å². The largest absolute Gasteiger partial charge is 0.347 e. The Morgan fingerprint density at radius 2 is 1.86 bits per heavy atom. The molecule has 0 bridgehead atoms. The van der Waals surface area contributed by atoms with Gasteiger partial charge in [-0.05, 0) is 48.6 Å². The Morgan fingerprint density at radius 3 is 2.68 bits per heavy atom. The fourth-order valence-corrected chi connectivity index (χ4v) is 5.67. The van der Waals surface area contributed by atoms with E-state index in [0.717, 1.165) is 24.8 Å². The van der Waals surface area contributed by atoms with Crippen molar-refractivity contribution in [2.24, 2.45) is 0 Å². The molecule has 1 aromatic heterocycles. The lowest BCUT2D eigenvalue weighted by Gasteiger charge is -2.29. The van der Waals surface area contributed by atoms with Crippen LogP contribution in [0.15, 0.2) is 54.7 Å². The van der Waals surface area contributed by atoms with Crippen molar-refractivity contribution in [2.45, 2.75) is 56.7 Å². The lowest BCUT2D eigenvalue weighted by Crippen LogP contribution is -2.52. The molecule has 2 fully saturated rings. The SMILES string of the molecule is O=C1CCC(N2Cc3cc(-n4cc(C(=O)N[C@@H]5CCC[C@@H]5c5ccccc5)nn4)ccc3C2=O)C(=O)N1. The van der Waals surface area contributed by atoms with E-state index in [4.69, 9.17) is 0 Å². The second-order valence-electron chi connectivity index (χ2n) is 9.82. The third-order valence-corrected chi connectivity index (χ3v) is 7.56. The number of benzene rings is 2. The minimum atomic E-state index is -0.669. The number of hydrogen-bond donors (Lipinski definition) is 2. The molecular weight excluding hydrogens is 472 g/mol. The third kappa shape index (κ3) is 4.28. The summed E-state index contributed by atoms with van der Waals surface area (Å²) < 4.78 is 1.51. The predicted octanol–water partition coefficient (Wildman–Crippen LogP) is 2.09. The number of nitrogens with one attached hydrogen (secondary N) is 2. The van der Waals surface area contributed by atoms with Gasteiger partial charge in [-0.2, -0.15) is 0 Å². The average molecular weight is 499 g/mol. The first kappa shape index (κ1) is 23.1. The molecule has 188 valence electrons. The number of nitrogens with zero attached hydrogens (tertiary/aromatic N) is 4. The van der Waals surface area contributed by atoms with Gasteiger partial charge in [0.1, 0.15) is 6.04 Å². The zero-order valence-electron chi connectivity index (χ0n) is 20.1. The Morgan fingerprint density at radius 1 is 1.03 bits per heavy atom. The first-order valence-electron chi connectivity index (χ1n) is 12.5. The fourth-order valence-electron chi connectivity index (χ4n) is 5.67. The highest BCUT2D eigenvalue weighted by Gasteiger charge is 2.39. The maximum absolute atomic E-state index is 13.0. The van der Waals surface area contributed by atoms with Crippen molar-refractivity contribution in [3.8, 4) is 5.69 Å². The van der Waals surface area contributed by atoms with Crippen LogP contribution in [0.3, 0.4) is 0 Å². The van der Waals surface area contributed by atoms with Crippen LogP contribution in [0.25, 0.3) is 5.69 Å². The van der Waals surface area contributed by atoms with Crippen LogP contribution < -0.4 is 10.6 Å². The zero-order chi connectivity index (χ0) is 25.5. The Balaban J connectivity index is 1.16. The molecular formula is C27H26N6O4. The second-order valence-corrected chi connectivity index (χ2v) is 9.82. The number of carbonyl (C=O) groups is 4. The number of carbonyl (C=O) groups excluding carboxylic acids is 4. The van der Waals surface area contributed by atoms with Gasteiger partial charge in [0.2, 0.25) is 11.8 Å². The van der Waals surface area contributed by atoms with Crippen LogP contribution in [0.4, 0.5) is 0 Å². The molecule has 10 nitrogen and oxygen atoms in total. The fraction of sp³-hybridized carbons (Fsp3) is 0.333. The second kappa shape index (κ2) is 9.27. The average Bonchev–Trinajstić information content (AvgIpc) is 3.64. The molecule has 10 heteroatoms. The lowest BCUT2D eigenvalue weighted by molar-refractivity contribution is -0.136. The maximum atomic E-state index is 13.0. The number of fused-ring (bicyclic) bond motifs is 1. The molecule has 3 heterocycles. The number of hydrogen-bond acceptors (Lipinski definition) is 6. The zero-order valence-corrected chi connectivity index (χ0v) is 20.1. The summed E-state index contributed by atoms with van der Waals surface area (Å²) in [6.45, 7) is 0.263. The van der Waals surface area contributed by atoms with Crippen LogP contribution in [-0.4, -0.2) is 55.6 Å². The molecule has 37 heavy (non-hydrogen) atoms. The Hall–Kier alpha value is -4.34. The van der Waals surface area contributed by atoms with Gasteiger partial charge in [0.15, 0.2) is 5.69 Å². The lowest BCUT2D eigenvalue weighted by atomic mass is 9.94. The van der Waals surface area contributed by atoms with Gasteiger partial charge < -0.3 is 10.2 Å². The van der Waals surface area contributed by atoms with Crippen LogP contribution in [0, 0.1) is 0 Å². The first-order chi connectivity index (χ1) is 18.0. The summed E-state index contributed by atoms with van der Waals surface area (Å²) in [5.41, 5.74) is 3.38. The van der Waals surface area contributed by atoms with Crippen LogP contribution in [0.1, 0.15) is 70.0 Å². The van der Waals surface area contributed by atoms with E-state index >= 15 is 0 Å². The summed E-state index contributed by atoms with van der Waals surface area (Å²) in [5, 5.41) is 13.7. The van der Waals surface area contributed by atoms with Crippen molar-refractivity contribution in [3.63, 3.8) is 0 Å². The van der Waals surface area contributed by atoms with Gasteiger partial charge >= 0.3 is 0 Å². The highest BCUT2D eigenvalue weighted by Crippen LogP contribution is 2.34. The molecule has 1 aliphatic carbocycles. The van der Waals surface area contributed by atoms with Gasteiger partial charge in [-0.25, -0.2) is 4.68 Å². The highest BCUT2D eigenvalue weighted by molar-refractivity contribution is 6.05. The van der Waals surface area contributed by atoms with E-state index in [1.54, 1.807) is 18.3 Å². The van der Waals surface area contributed by atoms with Crippen molar-refractivity contribution in [1.82, 2.24) is 30.5 Å². The van der Waals surface area contributed by atoms with Gasteiger partial charge in [-0.3, -0.25) is 24.5 Å². The minimum absolute atomic E-state index is 0.0457. The number of aromatic nitrogens is 3. The highest BCUT2D eigenvalue weighted by atomic mass is 16.2. The number of amides is 4. The predicted molar refractivity (Wildman–Crippen MR) is 132 cm³/mol. The number of imide groups is 1. The van der Waals surface area contributed by atoms with Crippen molar-refractivity contribution in [2.75, 3.05) is 0 Å². The molecule has 2 N–H and O–H groups in total. The normalized spacial score (nSPS) is 23.2. The minimum Gasteiger partial charge on any atom is -0.347 e. The van der Waals surface area contributed by atoms with Gasteiger partial charge in [0, 0.05) is 30.5 Å². The number of rotatable bonds is 5. The molecule has 6 rings (SSSR count). The molecule has 2 aliphatic heterocycles. The van der Waals surface area contributed by atoms with Gasteiger partial charge in [-0.15, -0.1) is 5.10 Å². The van der Waals surface area contributed by atoms with E-state index in [1.807, 2.05) is 24.3 Å². The van der Waals surface area contributed by atoms with E-state index in [-0.39, 0.29) is 48.3 Å². The van der Waals surface area contributed by atoms with Gasteiger partial charge in [0.25, 0.3) is 11.8 Å². The summed E-state index contributed by atoms with van der Waals surface area (Å²) in [7, 11) is 0. The first-order valence-corrected chi connectivity index (χ1v) is 12.5. The Kier molecular flexibility index (Phi) is 5.78. The maximum Gasteiger partial charge on any atom is 0.273 e. The Labute approximate surface area is 213 Å². The van der Waals surface area contributed by atoms with Gasteiger partial charge in [0.05, 0.1) is 11.9 Å². The molecule has 3 atom stereocenters. The van der Waals surface area contributed by atoms with Crippen molar-refractivity contribution in [3.05, 3.63) is 77.1 Å². The van der Waals surface area contributed by atoms with E-state index in [1.165, 1.54) is 15.1 Å². The summed E-state index contributed by atoms with van der Waals surface area (Å²) in [6.07, 6.45) is 5.11. The van der Waals surface area contributed by atoms with Crippen molar-refractivity contribution >= 4 is 23.6 Å². The van der Waals surface area contributed by atoms with Crippen LogP contribution in [-0.2, 0) is 16.1 Å². The van der Waals surface area contributed by atoms with E-state index in [2.05, 4.69) is 33.1 Å². The molecule has 0 spiro atoms. The Bertz CT molecular complexity index is 1400. The molecule has 3 aromatic rings. The monoisotopic (exact) mass is 498 g/mol. The molecule has 1 saturated heterocycles. The van der Waals surface area contributed by atoms with Crippen molar-refractivity contribution < 1.29 is 19.2 Å². The smallest absolute Gasteiger partial charge is 0.273 e. The molecule has 1 saturated carbocycles. The standard InChI is InChI=1S/C27H26N6O4/c34-24-12-11-23(26(36)29-24)32-14-17-13-18(9-10-20(17)27(32)37)33-15-22(30-31-33)25(35)28-21-8-4-7-19(21)16-5-2-1-3-6-16/h1-3,5-6,9-10,13,15,19,21,23H,4,7-8,11-12,14H2,(H,28,35)(H,29,34,36)/t19-,21-,23?/m1/s1. The molecule has 2 aromatic carbocycles. The van der Waals surface area contributed by atoms with Crippen molar-refractivity contribution in [1.29, 1.82) is 0 Å². The summed E-state index contributed by atoms with van der Waals surface area (Å²) in [5.74, 6) is -0.982. The van der Waals surface area contributed by atoms with Crippen LogP contribution in [0.2, 0.25) is 0 Å². The van der Waals surface area contributed by atoms with E-state index < -0.39 is 11.9 Å². The van der Waals surface area contributed by atoms with Gasteiger partial charge in [-0.1, -0.05) is 42.0 Å². The van der Waals surface area contributed by atoms with E-state index in [9.17, 15) is 19.2 Å². The summed E-state index contributed by atoms with van der Waals surface area (Å²) in [6, 6.07) is 14.9. The topological polar surface area (TPSA) is 126 Å². The van der Waals surface area contributed by atoms with Crippen LogP contribution >= 0.6 is 0 Å². The third-order valence-electron chi connectivity index (χ3n) is 7.56. The quantitative estimate of drug-likeness (QED) is 0.519. The van der Waals surface area contributed by atoms with Crippen LogP contribution in [0.5, 0.6) is 0 Å². The molecule has 0 radical (unpaired) electrons. The molecule has 1 unspecified atom stereocenters. The number of piperidine rings is 1. The molecule has 3 aliphatic rings. The summed E-state index contributed by atoms with van der Waals surface area (Å²) in [4.78, 5) is 51.2. The molecule has 4 amide bonds. The summed E-state index contributed by atoms with van der Waals surface area (Å²) >= 11 is 0.